The zero-order valence-corrected chi connectivity index (χ0v) is 10.4. The number of esters is 2. The van der Waals surface area contributed by atoms with Gasteiger partial charge in [-0.05, 0) is 0 Å². The highest BCUT2D eigenvalue weighted by Gasteiger charge is 2.29. The number of ether oxygens (including phenoxy) is 3. The molecule has 0 spiro atoms. The Hall–Kier alpha value is -2.05. The van der Waals surface area contributed by atoms with Gasteiger partial charge in [0.1, 0.15) is 19.0 Å². The summed E-state index contributed by atoms with van der Waals surface area (Å²) in [6.45, 7) is 4.68. The van der Waals surface area contributed by atoms with Crippen molar-refractivity contribution < 1.29 is 28.9 Å². The number of aliphatic hydroxyl groups excluding tert-OH is 1. The summed E-state index contributed by atoms with van der Waals surface area (Å²) >= 11 is 0. The summed E-state index contributed by atoms with van der Waals surface area (Å²) in [7, 11) is 1.12. The zero-order chi connectivity index (χ0) is 14.1. The van der Waals surface area contributed by atoms with E-state index in [0.717, 1.165) is 7.11 Å². The molecule has 18 heavy (non-hydrogen) atoms. The van der Waals surface area contributed by atoms with Crippen molar-refractivity contribution in [3.05, 3.63) is 12.3 Å². The molecule has 0 aliphatic heterocycles. The summed E-state index contributed by atoms with van der Waals surface area (Å²) in [5, 5.41) is 16.6. The number of methoxy groups -OCH3 is 1. The standard InChI is InChI=1S/C11H17NO6/c1-4-8(14)17-5-6-18-10(12)9(7(2)13)11(15)16-3/h9,12-13H,2,4-6H2,1,3H3. The predicted molar refractivity (Wildman–Crippen MR) is 62.2 cm³/mol. The van der Waals surface area contributed by atoms with Gasteiger partial charge in [0, 0.05) is 6.42 Å². The van der Waals surface area contributed by atoms with Crippen molar-refractivity contribution in [3.8, 4) is 0 Å². The van der Waals surface area contributed by atoms with Gasteiger partial charge in [-0.25, -0.2) is 0 Å². The molecule has 7 nitrogen and oxygen atoms in total. The summed E-state index contributed by atoms with van der Waals surface area (Å²) in [6, 6.07) is 0. The minimum Gasteiger partial charge on any atom is -0.511 e. The van der Waals surface area contributed by atoms with Crippen LogP contribution >= 0.6 is 0 Å². The Kier molecular flexibility index (Phi) is 7.18. The Labute approximate surface area is 105 Å². The van der Waals surface area contributed by atoms with Gasteiger partial charge in [0.25, 0.3) is 0 Å². The van der Waals surface area contributed by atoms with E-state index in [1.807, 2.05) is 0 Å². The quantitative estimate of drug-likeness (QED) is 0.230. The average Bonchev–Trinajstić information content (AvgIpc) is 2.33. The molecule has 0 saturated carbocycles. The second kappa shape index (κ2) is 8.10. The van der Waals surface area contributed by atoms with Crippen molar-refractivity contribution in [1.29, 1.82) is 5.41 Å². The lowest BCUT2D eigenvalue weighted by Gasteiger charge is -2.15. The first kappa shape index (κ1) is 16.0. The molecule has 0 aliphatic rings. The number of nitrogens with one attached hydrogen (secondary N) is 1. The van der Waals surface area contributed by atoms with Crippen molar-refractivity contribution in [3.63, 3.8) is 0 Å². The molecule has 7 heteroatoms. The van der Waals surface area contributed by atoms with E-state index in [1.54, 1.807) is 6.92 Å². The molecule has 2 N–H and O–H groups in total. The summed E-state index contributed by atoms with van der Waals surface area (Å²) in [6.07, 6.45) is 0.246. The summed E-state index contributed by atoms with van der Waals surface area (Å²) in [5.74, 6) is -3.66. The normalized spacial score (nSPS) is 11.2. The molecular weight excluding hydrogens is 242 g/mol. The molecule has 0 heterocycles. The smallest absolute Gasteiger partial charge is 0.325 e. The van der Waals surface area contributed by atoms with E-state index >= 15 is 0 Å². The fraction of sp³-hybridized carbons (Fsp3) is 0.545. The van der Waals surface area contributed by atoms with Crippen LogP contribution in [0.4, 0.5) is 0 Å². The summed E-state index contributed by atoms with van der Waals surface area (Å²) < 4.78 is 14.0. The first-order chi connectivity index (χ1) is 8.43. The van der Waals surface area contributed by atoms with Crippen molar-refractivity contribution in [2.24, 2.45) is 5.92 Å². The molecule has 0 radical (unpaired) electrons. The Morgan fingerprint density at radius 3 is 2.33 bits per heavy atom. The molecule has 0 fully saturated rings. The molecule has 0 rings (SSSR count). The number of hydrogen-bond acceptors (Lipinski definition) is 7. The van der Waals surface area contributed by atoms with E-state index in [-0.39, 0.29) is 25.6 Å². The van der Waals surface area contributed by atoms with Crippen molar-refractivity contribution in [2.75, 3.05) is 20.3 Å². The molecule has 0 aliphatic carbocycles. The van der Waals surface area contributed by atoms with Gasteiger partial charge in [-0.2, -0.15) is 0 Å². The van der Waals surface area contributed by atoms with Gasteiger partial charge in [0.05, 0.1) is 7.11 Å². The molecule has 102 valence electrons. The lowest BCUT2D eigenvalue weighted by Crippen LogP contribution is -2.29. The number of rotatable bonds is 7. The van der Waals surface area contributed by atoms with Crippen LogP contribution in [0.5, 0.6) is 0 Å². The minimum atomic E-state index is -1.36. The fourth-order valence-corrected chi connectivity index (χ4v) is 1.00. The summed E-state index contributed by atoms with van der Waals surface area (Å²) in [5.41, 5.74) is 0. The number of carbonyl (C=O) groups excluding carboxylic acids is 2. The van der Waals surface area contributed by atoms with Gasteiger partial charge in [-0.1, -0.05) is 13.5 Å². The maximum atomic E-state index is 11.2. The first-order valence-electron chi connectivity index (χ1n) is 5.26. The second-order valence-electron chi connectivity index (χ2n) is 3.23. The first-order valence-corrected chi connectivity index (χ1v) is 5.26. The molecule has 0 amide bonds. The van der Waals surface area contributed by atoms with Gasteiger partial charge in [0.2, 0.25) is 5.90 Å². The second-order valence-corrected chi connectivity index (χ2v) is 3.23. The predicted octanol–water partition coefficient (Wildman–Crippen LogP) is 0.794. The largest absolute Gasteiger partial charge is 0.511 e. The van der Waals surface area contributed by atoms with Gasteiger partial charge in [-0.3, -0.25) is 15.0 Å². The van der Waals surface area contributed by atoms with E-state index in [4.69, 9.17) is 20.0 Å². The van der Waals surface area contributed by atoms with Gasteiger partial charge in [-0.15, -0.1) is 0 Å². The molecule has 0 aromatic heterocycles. The summed E-state index contributed by atoms with van der Waals surface area (Å²) in [4.78, 5) is 22.0. The fourth-order valence-electron chi connectivity index (χ4n) is 1.00. The van der Waals surface area contributed by atoms with E-state index < -0.39 is 23.5 Å². The van der Waals surface area contributed by atoms with Crippen LogP contribution < -0.4 is 0 Å². The third-order valence-electron chi connectivity index (χ3n) is 1.92. The lowest BCUT2D eigenvalue weighted by molar-refractivity contribution is -0.145. The number of carbonyl (C=O) groups is 2. The molecule has 0 bridgehead atoms. The highest BCUT2D eigenvalue weighted by Crippen LogP contribution is 2.10. The average molecular weight is 259 g/mol. The molecule has 0 aromatic rings. The van der Waals surface area contributed by atoms with E-state index in [9.17, 15) is 9.59 Å². The SMILES string of the molecule is C=C(O)C(C(=N)OCCOC(=O)CC)C(=O)OC. The highest BCUT2D eigenvalue weighted by molar-refractivity contribution is 5.98. The van der Waals surface area contributed by atoms with Crippen LogP contribution in [-0.4, -0.2) is 43.3 Å². The third-order valence-corrected chi connectivity index (χ3v) is 1.92. The number of aliphatic hydroxyl groups is 1. The Balaban J connectivity index is 4.16. The van der Waals surface area contributed by atoms with Crippen molar-refractivity contribution in [1.82, 2.24) is 0 Å². The maximum Gasteiger partial charge on any atom is 0.325 e. The van der Waals surface area contributed by atoms with Gasteiger partial charge in [0.15, 0.2) is 5.92 Å². The highest BCUT2D eigenvalue weighted by atomic mass is 16.6. The zero-order valence-electron chi connectivity index (χ0n) is 10.4. The van der Waals surface area contributed by atoms with Crippen molar-refractivity contribution in [2.45, 2.75) is 13.3 Å². The van der Waals surface area contributed by atoms with Crippen LogP contribution in [0.2, 0.25) is 0 Å². The molecular formula is C11H17NO6. The van der Waals surface area contributed by atoms with Crippen LogP contribution in [0.25, 0.3) is 0 Å². The van der Waals surface area contributed by atoms with Crippen LogP contribution in [0.1, 0.15) is 13.3 Å². The Morgan fingerprint density at radius 1 is 1.33 bits per heavy atom. The van der Waals surface area contributed by atoms with E-state index in [2.05, 4.69) is 11.3 Å². The van der Waals surface area contributed by atoms with Gasteiger partial charge >= 0.3 is 11.9 Å². The van der Waals surface area contributed by atoms with Crippen LogP contribution in [0.3, 0.4) is 0 Å². The maximum absolute atomic E-state index is 11.2. The monoisotopic (exact) mass is 259 g/mol. The minimum absolute atomic E-state index is 0.0408. The van der Waals surface area contributed by atoms with Crippen LogP contribution in [0, 0.1) is 11.3 Å². The van der Waals surface area contributed by atoms with Crippen molar-refractivity contribution >= 4 is 17.8 Å². The molecule has 1 unspecified atom stereocenters. The molecule has 0 aromatic carbocycles. The Bertz CT molecular complexity index is 338. The Morgan fingerprint density at radius 2 is 1.89 bits per heavy atom. The van der Waals surface area contributed by atoms with E-state index in [1.165, 1.54) is 0 Å². The van der Waals surface area contributed by atoms with Crippen LogP contribution in [-0.2, 0) is 23.8 Å². The third kappa shape index (κ3) is 5.33. The molecule has 0 saturated heterocycles. The van der Waals surface area contributed by atoms with Gasteiger partial charge < -0.3 is 19.3 Å². The van der Waals surface area contributed by atoms with Crippen LogP contribution in [0.15, 0.2) is 12.3 Å². The molecule has 1 atom stereocenters. The lowest BCUT2D eigenvalue weighted by atomic mass is 10.1. The topological polar surface area (TPSA) is 106 Å². The van der Waals surface area contributed by atoms with E-state index in [0.29, 0.717) is 0 Å². The number of hydrogen-bond donors (Lipinski definition) is 2.